The molecule has 0 N–H and O–H groups in total. The van der Waals surface area contributed by atoms with Crippen molar-refractivity contribution in [1.82, 2.24) is 15.0 Å². The van der Waals surface area contributed by atoms with Crippen LogP contribution >= 0.6 is 0 Å². The van der Waals surface area contributed by atoms with Crippen molar-refractivity contribution in [3.05, 3.63) is 54.9 Å². The lowest BCUT2D eigenvalue weighted by Gasteiger charge is -2.11. The van der Waals surface area contributed by atoms with Gasteiger partial charge in [-0.15, -0.1) is 0 Å². The molecule has 0 aliphatic carbocycles. The Morgan fingerprint density at radius 1 is 1.05 bits per heavy atom. The van der Waals surface area contributed by atoms with Crippen LogP contribution in [0.1, 0.15) is 5.82 Å². The summed E-state index contributed by atoms with van der Waals surface area (Å²) in [6, 6.07) is 9.86. The summed E-state index contributed by atoms with van der Waals surface area (Å²) in [5.41, 5.74) is 0.973. The van der Waals surface area contributed by atoms with Gasteiger partial charge in [-0.1, -0.05) is 49.1 Å². The molecule has 0 radical (unpaired) electrons. The summed E-state index contributed by atoms with van der Waals surface area (Å²) in [5.74, 6) is 1.93. The molecule has 1 aromatic carbocycles. The second kappa shape index (κ2) is 5.91. The van der Waals surface area contributed by atoms with Crippen molar-refractivity contribution in [2.24, 2.45) is 0 Å². The first kappa shape index (κ1) is 13.0. The highest BCUT2D eigenvalue weighted by Crippen LogP contribution is 2.17. The minimum atomic E-state index is 0.623. The Morgan fingerprint density at radius 2 is 1.79 bits per heavy atom. The molecule has 0 saturated carbocycles. The normalized spacial score (nSPS) is 10.6. The van der Waals surface area contributed by atoms with E-state index in [1.807, 2.05) is 61.5 Å². The second-order valence-corrected chi connectivity index (χ2v) is 4.17. The Bertz CT molecular complexity index is 588. The summed E-state index contributed by atoms with van der Waals surface area (Å²) >= 11 is 0. The summed E-state index contributed by atoms with van der Waals surface area (Å²) in [6.07, 6.45) is 5.32. The highest BCUT2D eigenvalue weighted by Gasteiger charge is 2.07. The number of nitrogens with zero attached hydrogens (tertiary/aromatic N) is 4. The summed E-state index contributed by atoms with van der Waals surface area (Å²) < 4.78 is 0. The van der Waals surface area contributed by atoms with E-state index < -0.39 is 0 Å². The standard InChI is InChI=1S/C15H16N4/c1-4-5-11-13-16-14(12-9-7-6-8-10-12)18-15(17-13)19(2)3/h4-11H,1H2,2-3H3. The van der Waals surface area contributed by atoms with Crippen molar-refractivity contribution >= 4 is 12.0 Å². The van der Waals surface area contributed by atoms with Gasteiger partial charge in [0.1, 0.15) is 0 Å². The minimum absolute atomic E-state index is 0.623. The van der Waals surface area contributed by atoms with Crippen molar-refractivity contribution in [2.75, 3.05) is 19.0 Å². The molecule has 2 aromatic rings. The highest BCUT2D eigenvalue weighted by atomic mass is 15.2. The third kappa shape index (κ3) is 3.25. The van der Waals surface area contributed by atoms with Crippen LogP contribution in [0.2, 0.25) is 0 Å². The van der Waals surface area contributed by atoms with E-state index in [0.717, 1.165) is 5.56 Å². The molecule has 0 unspecified atom stereocenters. The molecule has 0 aliphatic heterocycles. The number of rotatable bonds is 4. The van der Waals surface area contributed by atoms with Crippen LogP contribution in [-0.2, 0) is 0 Å². The Morgan fingerprint density at radius 3 is 2.42 bits per heavy atom. The van der Waals surface area contributed by atoms with Crippen molar-refractivity contribution in [3.8, 4) is 11.4 Å². The smallest absolute Gasteiger partial charge is 0.228 e. The van der Waals surface area contributed by atoms with E-state index in [2.05, 4.69) is 21.5 Å². The van der Waals surface area contributed by atoms with Gasteiger partial charge in [-0.25, -0.2) is 4.98 Å². The lowest BCUT2D eigenvalue weighted by molar-refractivity contribution is 0.951. The third-order valence-electron chi connectivity index (χ3n) is 2.45. The molecule has 1 heterocycles. The molecule has 0 spiro atoms. The lowest BCUT2D eigenvalue weighted by Crippen LogP contribution is -2.14. The number of benzene rings is 1. The van der Waals surface area contributed by atoms with Crippen molar-refractivity contribution in [1.29, 1.82) is 0 Å². The Labute approximate surface area is 113 Å². The fraction of sp³-hybridized carbons (Fsp3) is 0.133. The molecule has 0 amide bonds. The summed E-state index contributed by atoms with van der Waals surface area (Å²) in [5, 5.41) is 0. The zero-order valence-electron chi connectivity index (χ0n) is 11.1. The molecule has 0 saturated heterocycles. The molecule has 0 atom stereocenters. The minimum Gasteiger partial charge on any atom is -0.347 e. The van der Waals surface area contributed by atoms with Crippen molar-refractivity contribution in [3.63, 3.8) is 0 Å². The second-order valence-electron chi connectivity index (χ2n) is 4.17. The average molecular weight is 252 g/mol. The lowest BCUT2D eigenvalue weighted by atomic mass is 10.2. The number of hydrogen-bond donors (Lipinski definition) is 0. The zero-order chi connectivity index (χ0) is 13.7. The average Bonchev–Trinajstić information content (AvgIpc) is 2.45. The van der Waals surface area contributed by atoms with E-state index in [1.54, 1.807) is 6.08 Å². The highest BCUT2D eigenvalue weighted by molar-refractivity contribution is 5.58. The number of hydrogen-bond acceptors (Lipinski definition) is 4. The molecule has 0 aliphatic rings. The van der Waals surface area contributed by atoms with Gasteiger partial charge in [0.15, 0.2) is 11.6 Å². The molecular weight excluding hydrogens is 236 g/mol. The van der Waals surface area contributed by atoms with Crippen LogP contribution in [0.3, 0.4) is 0 Å². The van der Waals surface area contributed by atoms with Gasteiger partial charge >= 0.3 is 0 Å². The van der Waals surface area contributed by atoms with Gasteiger partial charge in [0.2, 0.25) is 5.95 Å². The maximum atomic E-state index is 4.46. The van der Waals surface area contributed by atoms with Gasteiger partial charge in [-0.2, -0.15) is 9.97 Å². The topological polar surface area (TPSA) is 41.9 Å². The van der Waals surface area contributed by atoms with Gasteiger partial charge in [0.25, 0.3) is 0 Å². The zero-order valence-corrected chi connectivity index (χ0v) is 11.1. The van der Waals surface area contributed by atoms with Crippen molar-refractivity contribution in [2.45, 2.75) is 0 Å². The van der Waals surface area contributed by atoms with Crippen LogP contribution in [0.25, 0.3) is 17.5 Å². The summed E-state index contributed by atoms with van der Waals surface area (Å²) in [7, 11) is 3.82. The summed E-state index contributed by atoms with van der Waals surface area (Å²) in [6.45, 7) is 3.65. The van der Waals surface area contributed by atoms with E-state index in [0.29, 0.717) is 17.6 Å². The Balaban J connectivity index is 2.51. The van der Waals surface area contributed by atoms with E-state index in [9.17, 15) is 0 Å². The quantitative estimate of drug-likeness (QED) is 0.785. The van der Waals surface area contributed by atoms with Gasteiger partial charge in [-0.3, -0.25) is 0 Å². The molecule has 1 aromatic heterocycles. The molecule has 0 fully saturated rings. The first-order valence-corrected chi connectivity index (χ1v) is 5.98. The first-order chi connectivity index (χ1) is 9.20. The van der Waals surface area contributed by atoms with Crippen LogP contribution in [0.5, 0.6) is 0 Å². The number of anilines is 1. The number of aromatic nitrogens is 3. The van der Waals surface area contributed by atoms with Crippen LogP contribution in [-0.4, -0.2) is 29.0 Å². The van der Waals surface area contributed by atoms with E-state index in [4.69, 9.17) is 0 Å². The maximum Gasteiger partial charge on any atom is 0.228 e. The molecule has 96 valence electrons. The first-order valence-electron chi connectivity index (χ1n) is 5.98. The van der Waals surface area contributed by atoms with E-state index >= 15 is 0 Å². The van der Waals surface area contributed by atoms with Crippen molar-refractivity contribution < 1.29 is 0 Å². The van der Waals surface area contributed by atoms with Gasteiger partial charge < -0.3 is 4.90 Å². The van der Waals surface area contributed by atoms with E-state index in [1.165, 1.54) is 0 Å². The number of allylic oxidation sites excluding steroid dienone is 2. The molecule has 2 rings (SSSR count). The molecular formula is C15H16N4. The maximum absolute atomic E-state index is 4.46. The van der Waals surface area contributed by atoms with Gasteiger partial charge in [-0.05, 0) is 6.08 Å². The van der Waals surface area contributed by atoms with Crippen LogP contribution < -0.4 is 4.90 Å². The van der Waals surface area contributed by atoms with Crippen LogP contribution in [0.15, 0.2) is 49.1 Å². The van der Waals surface area contributed by atoms with Gasteiger partial charge in [0.05, 0.1) is 0 Å². The fourth-order valence-electron chi connectivity index (χ4n) is 1.53. The largest absolute Gasteiger partial charge is 0.347 e. The summed E-state index contributed by atoms with van der Waals surface area (Å²) in [4.78, 5) is 15.1. The third-order valence-corrected chi connectivity index (χ3v) is 2.45. The monoisotopic (exact) mass is 252 g/mol. The molecule has 19 heavy (non-hydrogen) atoms. The van der Waals surface area contributed by atoms with Gasteiger partial charge in [0, 0.05) is 19.7 Å². The molecule has 0 bridgehead atoms. The SMILES string of the molecule is C=CC=Cc1nc(-c2ccccc2)nc(N(C)C)n1. The van der Waals surface area contributed by atoms with Crippen LogP contribution in [0, 0.1) is 0 Å². The van der Waals surface area contributed by atoms with Crippen LogP contribution in [0.4, 0.5) is 5.95 Å². The fourth-order valence-corrected chi connectivity index (χ4v) is 1.53. The predicted octanol–water partition coefficient (Wildman–Crippen LogP) is 2.80. The van der Waals surface area contributed by atoms with E-state index in [-0.39, 0.29) is 0 Å². The Kier molecular flexibility index (Phi) is 4.03. The molecule has 4 nitrogen and oxygen atoms in total. The Hall–Kier alpha value is -2.49. The predicted molar refractivity (Wildman–Crippen MR) is 78.8 cm³/mol. The molecule has 4 heteroatoms.